The van der Waals surface area contributed by atoms with Crippen molar-refractivity contribution in [1.82, 2.24) is 0 Å². The minimum atomic E-state index is 0.303. The lowest BCUT2D eigenvalue weighted by Gasteiger charge is -2.20. The lowest BCUT2D eigenvalue weighted by molar-refractivity contribution is 0.498. The van der Waals surface area contributed by atoms with E-state index in [1.54, 1.807) is 5.57 Å². The predicted molar refractivity (Wildman–Crippen MR) is 71.7 cm³/mol. The van der Waals surface area contributed by atoms with Gasteiger partial charge in [-0.25, -0.2) is 0 Å². The van der Waals surface area contributed by atoms with Crippen LogP contribution in [0, 0.1) is 5.41 Å². The Balaban J connectivity index is 2.32. The first kappa shape index (κ1) is 11.4. The van der Waals surface area contributed by atoms with Gasteiger partial charge >= 0.3 is 0 Å². The molecule has 0 atom stereocenters. The second kappa shape index (κ2) is 3.76. The zero-order chi connectivity index (χ0) is 11.9. The molecule has 86 valence electrons. The molecule has 0 heteroatoms. The Kier molecular flexibility index (Phi) is 2.69. The summed E-state index contributed by atoms with van der Waals surface area (Å²) in [5, 5.41) is 0. The molecule has 1 aromatic rings. The summed E-state index contributed by atoms with van der Waals surface area (Å²) in [4.78, 5) is 0. The molecule has 0 radical (unpaired) electrons. The SMILES string of the molecule is CC(C)c1ccc2c(c1)CC(C(C)(C)C)=C2. The molecule has 0 saturated carbocycles. The average Bonchev–Trinajstić information content (AvgIpc) is 2.58. The highest BCUT2D eigenvalue weighted by Gasteiger charge is 2.23. The molecule has 0 spiro atoms. The van der Waals surface area contributed by atoms with E-state index in [-0.39, 0.29) is 0 Å². The Morgan fingerprint density at radius 2 is 1.81 bits per heavy atom. The molecule has 0 unspecified atom stereocenters. The Morgan fingerprint density at radius 1 is 1.12 bits per heavy atom. The summed E-state index contributed by atoms with van der Waals surface area (Å²) in [6.07, 6.45) is 3.51. The van der Waals surface area contributed by atoms with Crippen LogP contribution in [0.1, 0.15) is 57.2 Å². The van der Waals surface area contributed by atoms with Crippen molar-refractivity contribution in [3.8, 4) is 0 Å². The minimum absolute atomic E-state index is 0.303. The predicted octanol–water partition coefficient (Wildman–Crippen LogP) is 4.80. The van der Waals surface area contributed by atoms with Crippen LogP contribution in [0.5, 0.6) is 0 Å². The van der Waals surface area contributed by atoms with Crippen molar-refractivity contribution >= 4 is 6.08 Å². The molecular formula is C16H22. The quantitative estimate of drug-likeness (QED) is 0.630. The summed E-state index contributed by atoms with van der Waals surface area (Å²) in [5.41, 5.74) is 6.26. The summed E-state index contributed by atoms with van der Waals surface area (Å²) in [6, 6.07) is 6.93. The van der Waals surface area contributed by atoms with E-state index < -0.39 is 0 Å². The van der Waals surface area contributed by atoms with Gasteiger partial charge in [-0.15, -0.1) is 0 Å². The standard InChI is InChI=1S/C16H22/c1-11(2)12-6-7-13-9-15(16(3,4)5)10-14(13)8-12/h6-9,11H,10H2,1-5H3. The van der Waals surface area contributed by atoms with Gasteiger partial charge in [-0.05, 0) is 34.4 Å². The number of hydrogen-bond acceptors (Lipinski definition) is 0. The molecule has 1 aliphatic carbocycles. The zero-order valence-corrected chi connectivity index (χ0v) is 11.1. The zero-order valence-electron chi connectivity index (χ0n) is 11.1. The van der Waals surface area contributed by atoms with Crippen LogP contribution in [-0.4, -0.2) is 0 Å². The highest BCUT2D eigenvalue weighted by molar-refractivity contribution is 5.65. The van der Waals surface area contributed by atoms with Gasteiger partial charge in [0, 0.05) is 0 Å². The number of hydrogen-bond donors (Lipinski definition) is 0. The van der Waals surface area contributed by atoms with Gasteiger partial charge in [-0.1, -0.05) is 64.5 Å². The second-order valence-corrected chi connectivity index (χ2v) is 6.21. The lowest BCUT2D eigenvalue weighted by atomic mass is 9.85. The summed E-state index contributed by atoms with van der Waals surface area (Å²) < 4.78 is 0. The van der Waals surface area contributed by atoms with Gasteiger partial charge in [0.25, 0.3) is 0 Å². The summed E-state index contributed by atoms with van der Waals surface area (Å²) in [5.74, 6) is 0.629. The first-order valence-electron chi connectivity index (χ1n) is 6.22. The van der Waals surface area contributed by atoms with Crippen LogP contribution < -0.4 is 0 Å². The van der Waals surface area contributed by atoms with Crippen LogP contribution in [0.15, 0.2) is 23.8 Å². The number of allylic oxidation sites excluding steroid dienone is 1. The largest absolute Gasteiger partial charge is 0.0598 e. The van der Waals surface area contributed by atoms with Gasteiger partial charge in [0.15, 0.2) is 0 Å². The van der Waals surface area contributed by atoms with E-state index in [1.165, 1.54) is 16.7 Å². The molecule has 0 saturated heterocycles. The maximum Gasteiger partial charge on any atom is -0.00525 e. The van der Waals surface area contributed by atoms with E-state index in [2.05, 4.69) is 58.9 Å². The molecule has 0 aromatic heterocycles. The maximum absolute atomic E-state index is 2.38. The summed E-state index contributed by atoms with van der Waals surface area (Å²) in [6.45, 7) is 11.4. The Labute approximate surface area is 99.4 Å². The van der Waals surface area contributed by atoms with Crippen molar-refractivity contribution in [3.05, 3.63) is 40.5 Å². The fourth-order valence-electron chi connectivity index (χ4n) is 2.20. The molecule has 0 heterocycles. The fourth-order valence-corrected chi connectivity index (χ4v) is 2.20. The first-order chi connectivity index (χ1) is 7.38. The van der Waals surface area contributed by atoms with Crippen molar-refractivity contribution in [2.75, 3.05) is 0 Å². The Morgan fingerprint density at radius 3 is 2.38 bits per heavy atom. The smallest absolute Gasteiger partial charge is 0.00525 e. The van der Waals surface area contributed by atoms with Gasteiger partial charge in [-0.3, -0.25) is 0 Å². The molecular weight excluding hydrogens is 192 g/mol. The van der Waals surface area contributed by atoms with E-state index in [4.69, 9.17) is 0 Å². The normalized spacial score (nSPS) is 15.2. The summed E-state index contributed by atoms with van der Waals surface area (Å²) in [7, 11) is 0. The van der Waals surface area contributed by atoms with E-state index in [9.17, 15) is 0 Å². The first-order valence-corrected chi connectivity index (χ1v) is 6.22. The third-order valence-electron chi connectivity index (χ3n) is 3.51. The van der Waals surface area contributed by atoms with Crippen LogP contribution in [0.2, 0.25) is 0 Å². The van der Waals surface area contributed by atoms with Crippen LogP contribution in [0.3, 0.4) is 0 Å². The monoisotopic (exact) mass is 214 g/mol. The van der Waals surface area contributed by atoms with Crippen molar-refractivity contribution in [3.63, 3.8) is 0 Å². The van der Waals surface area contributed by atoms with E-state index in [0.29, 0.717) is 11.3 Å². The van der Waals surface area contributed by atoms with E-state index in [1.807, 2.05) is 0 Å². The minimum Gasteiger partial charge on any atom is -0.0598 e. The molecule has 2 rings (SSSR count). The van der Waals surface area contributed by atoms with E-state index in [0.717, 1.165) is 6.42 Å². The Hall–Kier alpha value is -1.04. The summed E-state index contributed by atoms with van der Waals surface area (Å²) >= 11 is 0. The molecule has 0 bridgehead atoms. The number of benzene rings is 1. The average molecular weight is 214 g/mol. The van der Waals surface area contributed by atoms with Gasteiger partial charge in [0.1, 0.15) is 0 Å². The third kappa shape index (κ3) is 2.07. The van der Waals surface area contributed by atoms with Crippen LogP contribution in [0.4, 0.5) is 0 Å². The number of fused-ring (bicyclic) bond motifs is 1. The second-order valence-electron chi connectivity index (χ2n) is 6.21. The maximum atomic E-state index is 2.38. The highest BCUT2D eigenvalue weighted by atomic mass is 14.3. The van der Waals surface area contributed by atoms with Crippen molar-refractivity contribution in [1.29, 1.82) is 0 Å². The third-order valence-corrected chi connectivity index (χ3v) is 3.51. The molecule has 0 amide bonds. The van der Waals surface area contributed by atoms with E-state index >= 15 is 0 Å². The molecule has 16 heavy (non-hydrogen) atoms. The molecule has 0 nitrogen and oxygen atoms in total. The number of rotatable bonds is 1. The van der Waals surface area contributed by atoms with Crippen LogP contribution >= 0.6 is 0 Å². The molecule has 0 N–H and O–H groups in total. The fraction of sp³-hybridized carbons (Fsp3) is 0.500. The van der Waals surface area contributed by atoms with Crippen molar-refractivity contribution < 1.29 is 0 Å². The lowest BCUT2D eigenvalue weighted by Crippen LogP contribution is -2.08. The van der Waals surface area contributed by atoms with Gasteiger partial charge in [0.05, 0.1) is 0 Å². The highest BCUT2D eigenvalue weighted by Crippen LogP contribution is 2.37. The van der Waals surface area contributed by atoms with Crippen LogP contribution in [-0.2, 0) is 6.42 Å². The molecule has 0 fully saturated rings. The molecule has 0 aliphatic heterocycles. The van der Waals surface area contributed by atoms with Crippen molar-refractivity contribution in [2.45, 2.75) is 47.0 Å². The van der Waals surface area contributed by atoms with Gasteiger partial charge in [0.2, 0.25) is 0 Å². The topological polar surface area (TPSA) is 0 Å². The Bertz CT molecular complexity index is 428. The van der Waals surface area contributed by atoms with Gasteiger partial charge < -0.3 is 0 Å². The van der Waals surface area contributed by atoms with Crippen LogP contribution in [0.25, 0.3) is 6.08 Å². The van der Waals surface area contributed by atoms with Gasteiger partial charge in [-0.2, -0.15) is 0 Å². The molecule has 1 aliphatic rings. The molecule has 1 aromatic carbocycles. The van der Waals surface area contributed by atoms with Crippen molar-refractivity contribution in [2.24, 2.45) is 5.41 Å².